The second-order valence-corrected chi connectivity index (χ2v) is 10.2. The van der Waals surface area contributed by atoms with Gasteiger partial charge in [0.15, 0.2) is 0 Å². The molecule has 2 rings (SSSR count). The van der Waals surface area contributed by atoms with Gasteiger partial charge in [0.05, 0.1) is 0 Å². The lowest BCUT2D eigenvalue weighted by molar-refractivity contribution is 0.207. The van der Waals surface area contributed by atoms with E-state index >= 15 is 0 Å². The van der Waals surface area contributed by atoms with E-state index in [2.05, 4.69) is 73.9 Å². The predicted octanol–water partition coefficient (Wildman–Crippen LogP) is -2.55. The molecule has 0 saturated heterocycles. The molecule has 5 heteroatoms. The Balaban J connectivity index is 2.62. The molecule has 0 N–H and O–H groups in total. The SMILES string of the molecule is Bc1c(B)c(C2(B)CCC(C)(C)CC2)c(B)c(B)c1C(C)(C)C. The van der Waals surface area contributed by atoms with Crippen molar-refractivity contribution in [1.29, 1.82) is 0 Å². The maximum atomic E-state index is 2.52. The van der Waals surface area contributed by atoms with Crippen LogP contribution in [-0.4, -0.2) is 39.2 Å². The second kappa shape index (κ2) is 5.82. The summed E-state index contributed by atoms with van der Waals surface area (Å²) in [6.07, 6.45) is 5.36. The molecule has 0 spiro atoms. The molecule has 0 unspecified atom stereocenters. The van der Waals surface area contributed by atoms with Gasteiger partial charge in [0.2, 0.25) is 0 Å². The van der Waals surface area contributed by atoms with Crippen LogP contribution < -0.4 is 21.9 Å². The minimum absolute atomic E-state index is 0.220. The lowest BCUT2D eigenvalue weighted by Crippen LogP contribution is -2.55. The molecule has 1 fully saturated rings. The summed E-state index contributed by atoms with van der Waals surface area (Å²) in [5, 5.41) is 0.357. The van der Waals surface area contributed by atoms with Crippen molar-refractivity contribution in [3.63, 3.8) is 0 Å². The Morgan fingerprint density at radius 3 is 1.48 bits per heavy atom. The first-order valence-corrected chi connectivity index (χ1v) is 9.41. The van der Waals surface area contributed by atoms with Gasteiger partial charge in [-0.15, -0.1) is 0 Å². The molecule has 0 heterocycles. The van der Waals surface area contributed by atoms with Crippen LogP contribution in [0, 0.1) is 5.41 Å². The lowest BCUT2D eigenvalue weighted by Gasteiger charge is -2.45. The van der Waals surface area contributed by atoms with Crippen LogP contribution in [0.25, 0.3) is 0 Å². The van der Waals surface area contributed by atoms with E-state index in [0.29, 0.717) is 10.7 Å². The fourth-order valence-electron chi connectivity index (χ4n) is 5.07. The average Bonchev–Trinajstić information content (AvgIpc) is 2.39. The van der Waals surface area contributed by atoms with Gasteiger partial charge in [-0.2, -0.15) is 0 Å². The van der Waals surface area contributed by atoms with Crippen molar-refractivity contribution >= 4 is 61.1 Å². The van der Waals surface area contributed by atoms with E-state index in [4.69, 9.17) is 0 Å². The Labute approximate surface area is 149 Å². The maximum absolute atomic E-state index is 2.52. The maximum Gasteiger partial charge on any atom is 0.138 e. The van der Waals surface area contributed by atoms with E-state index in [0.717, 1.165) is 0 Å². The number of hydrogen-bond acceptors (Lipinski definition) is 0. The minimum atomic E-state index is 0.220. The van der Waals surface area contributed by atoms with E-state index in [1.54, 1.807) is 22.1 Å². The highest BCUT2D eigenvalue weighted by Gasteiger charge is 2.38. The van der Waals surface area contributed by atoms with Gasteiger partial charge in [-0.05, 0) is 29.0 Å². The van der Waals surface area contributed by atoms with Gasteiger partial charge in [-0.1, -0.05) is 80.4 Å². The molecule has 0 atom stereocenters. The Morgan fingerprint density at radius 2 is 1.13 bits per heavy atom. The molecule has 0 radical (unpaired) electrons. The third kappa shape index (κ3) is 3.35. The smallest absolute Gasteiger partial charge is 0.0925 e. The van der Waals surface area contributed by atoms with E-state index in [-0.39, 0.29) is 5.41 Å². The fourth-order valence-corrected chi connectivity index (χ4v) is 5.07. The number of hydrogen-bond donors (Lipinski definition) is 0. The Morgan fingerprint density at radius 1 is 0.739 bits per heavy atom. The lowest BCUT2D eigenvalue weighted by atomic mass is 9.47. The fraction of sp³-hybridized carbons (Fsp3) is 0.667. The highest BCUT2D eigenvalue weighted by atomic mass is 14.4. The van der Waals surface area contributed by atoms with Gasteiger partial charge < -0.3 is 0 Å². The zero-order valence-electron chi connectivity index (χ0n) is 17.3. The van der Waals surface area contributed by atoms with E-state index in [9.17, 15) is 0 Å². The molecular weight excluding hydrogens is 270 g/mol. The summed E-state index contributed by atoms with van der Waals surface area (Å²) in [4.78, 5) is 0. The van der Waals surface area contributed by atoms with Crippen molar-refractivity contribution in [2.45, 2.75) is 71.0 Å². The molecule has 0 aliphatic heterocycles. The molecule has 1 aromatic rings. The van der Waals surface area contributed by atoms with E-state index in [1.165, 1.54) is 36.6 Å². The van der Waals surface area contributed by atoms with Crippen molar-refractivity contribution in [3.8, 4) is 0 Å². The quantitative estimate of drug-likeness (QED) is 0.501. The van der Waals surface area contributed by atoms with Gasteiger partial charge in [0.1, 0.15) is 39.2 Å². The third-order valence-corrected chi connectivity index (χ3v) is 6.69. The van der Waals surface area contributed by atoms with Crippen molar-refractivity contribution in [3.05, 3.63) is 11.1 Å². The normalized spacial score (nSPS) is 20.4. The van der Waals surface area contributed by atoms with Gasteiger partial charge in [0.25, 0.3) is 0 Å². The third-order valence-electron chi connectivity index (χ3n) is 6.69. The molecular formula is C18H33B5. The summed E-state index contributed by atoms with van der Waals surface area (Å²) >= 11 is 0. The Bertz CT molecular complexity index is 586. The van der Waals surface area contributed by atoms with Gasteiger partial charge in [0, 0.05) is 0 Å². The molecule has 0 bridgehead atoms. The molecule has 1 saturated carbocycles. The Hall–Kier alpha value is -0.455. The second-order valence-electron chi connectivity index (χ2n) is 10.2. The monoisotopic (exact) mass is 304 g/mol. The molecule has 23 heavy (non-hydrogen) atoms. The standard InChI is InChI=1S/C18H33B5/c1-16(2,3)10-12(19)14(21)11(15(22)13(10)20)18(23)8-6-17(4,5)7-9-18/h6-9,19-23H2,1-5H3. The van der Waals surface area contributed by atoms with Crippen molar-refractivity contribution < 1.29 is 0 Å². The van der Waals surface area contributed by atoms with Gasteiger partial charge in [-0.25, -0.2) is 0 Å². The summed E-state index contributed by atoms with van der Waals surface area (Å²) in [6.45, 7) is 11.9. The molecule has 0 amide bonds. The van der Waals surface area contributed by atoms with Crippen LogP contribution in [0.15, 0.2) is 0 Å². The van der Waals surface area contributed by atoms with Crippen LogP contribution in [0.5, 0.6) is 0 Å². The molecule has 0 aromatic heterocycles. The average molecular weight is 304 g/mol. The minimum Gasteiger partial charge on any atom is -0.0925 e. The van der Waals surface area contributed by atoms with Crippen LogP contribution in [0.4, 0.5) is 0 Å². The molecule has 120 valence electrons. The topological polar surface area (TPSA) is 0 Å². The Kier molecular flexibility index (Phi) is 4.77. The van der Waals surface area contributed by atoms with E-state index < -0.39 is 0 Å². The predicted molar refractivity (Wildman–Crippen MR) is 120 cm³/mol. The van der Waals surface area contributed by atoms with Crippen LogP contribution >= 0.6 is 0 Å². The highest BCUT2D eigenvalue weighted by Crippen LogP contribution is 2.43. The molecule has 0 nitrogen and oxygen atoms in total. The molecule has 1 aliphatic carbocycles. The zero-order chi connectivity index (χ0) is 17.8. The van der Waals surface area contributed by atoms with Crippen LogP contribution in [0.2, 0.25) is 0 Å². The molecule has 1 aliphatic rings. The first-order chi connectivity index (χ1) is 10.3. The van der Waals surface area contributed by atoms with Crippen LogP contribution in [0.3, 0.4) is 0 Å². The van der Waals surface area contributed by atoms with E-state index in [1.807, 2.05) is 0 Å². The van der Waals surface area contributed by atoms with Crippen molar-refractivity contribution in [2.24, 2.45) is 5.41 Å². The zero-order valence-corrected chi connectivity index (χ0v) is 17.3. The summed E-state index contributed by atoms with van der Waals surface area (Å²) in [5.41, 5.74) is 10.1. The summed E-state index contributed by atoms with van der Waals surface area (Å²) in [6, 6.07) is 0. The van der Waals surface area contributed by atoms with Crippen LogP contribution in [-0.2, 0) is 10.7 Å². The first kappa shape index (κ1) is 18.9. The van der Waals surface area contributed by atoms with Crippen LogP contribution in [0.1, 0.15) is 71.4 Å². The molecule has 1 aromatic carbocycles. The highest BCUT2D eigenvalue weighted by molar-refractivity contribution is 6.58. The van der Waals surface area contributed by atoms with Crippen molar-refractivity contribution in [1.82, 2.24) is 0 Å². The largest absolute Gasteiger partial charge is 0.138 e. The van der Waals surface area contributed by atoms with Gasteiger partial charge >= 0.3 is 0 Å². The summed E-state index contributed by atoms with van der Waals surface area (Å²) in [7, 11) is 12.0. The number of rotatable bonds is 1. The summed E-state index contributed by atoms with van der Waals surface area (Å²) in [5.74, 6) is 0. The number of benzene rings is 1. The first-order valence-electron chi connectivity index (χ1n) is 9.41. The van der Waals surface area contributed by atoms with Crippen molar-refractivity contribution in [2.75, 3.05) is 0 Å². The van der Waals surface area contributed by atoms with Gasteiger partial charge in [-0.3, -0.25) is 0 Å². The summed E-state index contributed by atoms with van der Waals surface area (Å²) < 4.78 is 0.